The quantitative estimate of drug-likeness (QED) is 0.574. The molecule has 0 unspecified atom stereocenters. The van der Waals surface area contributed by atoms with Gasteiger partial charge in [0.15, 0.2) is 0 Å². The SMILES string of the molecule is CC.CC.Cc1ccc2c(c1)[nH]c1nc(C)ccc12. The lowest BCUT2D eigenvalue weighted by Gasteiger charge is -1.93. The topological polar surface area (TPSA) is 28.7 Å². The Labute approximate surface area is 115 Å². The highest BCUT2D eigenvalue weighted by atomic mass is 14.9. The molecule has 0 atom stereocenters. The molecule has 19 heavy (non-hydrogen) atoms. The Kier molecular flexibility index (Phi) is 5.56. The molecule has 2 heterocycles. The third-order valence-electron chi connectivity index (χ3n) is 2.75. The monoisotopic (exact) mass is 256 g/mol. The first-order valence-electron chi connectivity index (χ1n) is 7.10. The van der Waals surface area contributed by atoms with Gasteiger partial charge >= 0.3 is 0 Å². The second-order valence-corrected chi connectivity index (χ2v) is 4.02. The van der Waals surface area contributed by atoms with E-state index in [4.69, 9.17) is 0 Å². The average molecular weight is 256 g/mol. The Morgan fingerprint density at radius 1 is 0.842 bits per heavy atom. The number of aryl methyl sites for hydroxylation is 2. The van der Waals surface area contributed by atoms with Crippen LogP contribution in [0.3, 0.4) is 0 Å². The van der Waals surface area contributed by atoms with E-state index in [1.807, 2.05) is 34.6 Å². The summed E-state index contributed by atoms with van der Waals surface area (Å²) in [5, 5.41) is 2.46. The zero-order valence-electron chi connectivity index (χ0n) is 12.8. The lowest BCUT2D eigenvalue weighted by atomic mass is 10.1. The summed E-state index contributed by atoms with van der Waals surface area (Å²) in [5.74, 6) is 0. The average Bonchev–Trinajstić information content (AvgIpc) is 2.79. The summed E-state index contributed by atoms with van der Waals surface area (Å²) in [5.41, 5.74) is 4.47. The van der Waals surface area contributed by atoms with E-state index in [1.54, 1.807) is 0 Å². The van der Waals surface area contributed by atoms with Gasteiger partial charge in [-0.05, 0) is 37.6 Å². The van der Waals surface area contributed by atoms with Crippen LogP contribution in [0.1, 0.15) is 39.0 Å². The minimum absolute atomic E-state index is 0.982. The first kappa shape index (κ1) is 15.2. The maximum atomic E-state index is 4.49. The summed E-state index contributed by atoms with van der Waals surface area (Å²) in [6.07, 6.45) is 0. The number of H-pyrrole nitrogens is 1. The van der Waals surface area contributed by atoms with Crippen LogP contribution in [-0.4, -0.2) is 9.97 Å². The maximum absolute atomic E-state index is 4.49. The Hall–Kier alpha value is -1.83. The Bertz CT molecular complexity index is 594. The summed E-state index contributed by atoms with van der Waals surface area (Å²) in [6.45, 7) is 12.1. The molecule has 0 fully saturated rings. The summed E-state index contributed by atoms with van der Waals surface area (Å²) < 4.78 is 0. The zero-order valence-corrected chi connectivity index (χ0v) is 12.8. The van der Waals surface area contributed by atoms with Gasteiger partial charge in [-0.3, -0.25) is 0 Å². The molecule has 0 radical (unpaired) electrons. The van der Waals surface area contributed by atoms with Crippen molar-refractivity contribution in [1.82, 2.24) is 9.97 Å². The highest BCUT2D eigenvalue weighted by Crippen LogP contribution is 2.24. The normalized spacial score (nSPS) is 9.58. The van der Waals surface area contributed by atoms with Gasteiger partial charge in [-0.25, -0.2) is 4.98 Å². The number of hydrogen-bond acceptors (Lipinski definition) is 1. The van der Waals surface area contributed by atoms with Gasteiger partial charge in [-0.1, -0.05) is 39.8 Å². The van der Waals surface area contributed by atoms with Crippen LogP contribution in [0, 0.1) is 13.8 Å². The van der Waals surface area contributed by atoms with Gasteiger partial charge in [-0.15, -0.1) is 0 Å². The fourth-order valence-corrected chi connectivity index (χ4v) is 1.99. The van der Waals surface area contributed by atoms with Crippen molar-refractivity contribution in [2.24, 2.45) is 0 Å². The van der Waals surface area contributed by atoms with Crippen molar-refractivity contribution < 1.29 is 0 Å². The highest BCUT2D eigenvalue weighted by Gasteiger charge is 2.04. The number of nitrogens with zero attached hydrogens (tertiary/aromatic N) is 1. The van der Waals surface area contributed by atoms with Crippen molar-refractivity contribution in [1.29, 1.82) is 0 Å². The standard InChI is InChI=1S/C13H12N2.2C2H6/c1-8-3-5-10-11-6-4-9(2)14-13(11)15-12(10)7-8;2*1-2/h3-7H,1-2H3,(H,14,15);2*1-2H3. The Balaban J connectivity index is 0.000000415. The van der Waals surface area contributed by atoms with Crippen LogP contribution in [0.25, 0.3) is 21.9 Å². The molecule has 0 spiro atoms. The number of aromatic nitrogens is 2. The molecule has 2 aromatic heterocycles. The minimum atomic E-state index is 0.982. The number of rotatable bonds is 0. The van der Waals surface area contributed by atoms with Crippen LogP contribution in [-0.2, 0) is 0 Å². The summed E-state index contributed by atoms with van der Waals surface area (Å²) in [6, 6.07) is 10.6. The van der Waals surface area contributed by atoms with E-state index in [9.17, 15) is 0 Å². The molecule has 1 N–H and O–H groups in total. The van der Waals surface area contributed by atoms with E-state index >= 15 is 0 Å². The van der Waals surface area contributed by atoms with E-state index in [0.29, 0.717) is 0 Å². The predicted molar refractivity (Wildman–Crippen MR) is 85.8 cm³/mol. The van der Waals surface area contributed by atoms with Crippen molar-refractivity contribution in [3.63, 3.8) is 0 Å². The molecule has 0 saturated heterocycles. The van der Waals surface area contributed by atoms with Gasteiger partial charge in [0.25, 0.3) is 0 Å². The second kappa shape index (κ2) is 6.93. The van der Waals surface area contributed by atoms with Gasteiger partial charge in [-0.2, -0.15) is 0 Å². The fourth-order valence-electron chi connectivity index (χ4n) is 1.99. The van der Waals surface area contributed by atoms with Gasteiger partial charge < -0.3 is 4.98 Å². The zero-order chi connectivity index (χ0) is 14.4. The summed E-state index contributed by atoms with van der Waals surface area (Å²) in [7, 11) is 0. The second-order valence-electron chi connectivity index (χ2n) is 4.02. The molecule has 3 rings (SSSR count). The van der Waals surface area contributed by atoms with Gasteiger partial charge in [0, 0.05) is 22.0 Å². The lowest BCUT2D eigenvalue weighted by Crippen LogP contribution is -1.79. The summed E-state index contributed by atoms with van der Waals surface area (Å²) in [4.78, 5) is 7.84. The van der Waals surface area contributed by atoms with Crippen LogP contribution in [0.2, 0.25) is 0 Å². The molecule has 0 saturated carbocycles. The molecule has 0 aliphatic carbocycles. The predicted octanol–water partition coefficient (Wildman–Crippen LogP) is 5.39. The first-order valence-corrected chi connectivity index (χ1v) is 7.10. The number of fused-ring (bicyclic) bond motifs is 3. The highest BCUT2D eigenvalue weighted by molar-refractivity contribution is 6.05. The summed E-state index contributed by atoms with van der Waals surface area (Å²) >= 11 is 0. The number of hydrogen-bond donors (Lipinski definition) is 1. The Morgan fingerprint density at radius 3 is 2.16 bits per heavy atom. The fraction of sp³-hybridized carbons (Fsp3) is 0.353. The number of benzene rings is 1. The van der Waals surface area contributed by atoms with E-state index in [-0.39, 0.29) is 0 Å². The van der Waals surface area contributed by atoms with Crippen LogP contribution in [0.5, 0.6) is 0 Å². The Morgan fingerprint density at radius 2 is 1.47 bits per heavy atom. The third-order valence-corrected chi connectivity index (χ3v) is 2.75. The largest absolute Gasteiger partial charge is 0.339 e. The van der Waals surface area contributed by atoms with E-state index in [1.165, 1.54) is 21.9 Å². The molecule has 0 bridgehead atoms. The lowest BCUT2D eigenvalue weighted by molar-refractivity contribution is 1.23. The first-order chi connectivity index (χ1) is 9.24. The van der Waals surface area contributed by atoms with E-state index < -0.39 is 0 Å². The van der Waals surface area contributed by atoms with Crippen LogP contribution < -0.4 is 0 Å². The third kappa shape index (κ3) is 3.14. The molecule has 0 aliphatic heterocycles. The maximum Gasteiger partial charge on any atom is 0.138 e. The molecule has 0 amide bonds. The van der Waals surface area contributed by atoms with Crippen LogP contribution in [0.15, 0.2) is 30.3 Å². The van der Waals surface area contributed by atoms with Gasteiger partial charge in [0.05, 0.1) is 0 Å². The van der Waals surface area contributed by atoms with Crippen molar-refractivity contribution in [2.45, 2.75) is 41.5 Å². The molecule has 2 nitrogen and oxygen atoms in total. The molecule has 3 aromatic rings. The van der Waals surface area contributed by atoms with Crippen molar-refractivity contribution in [3.05, 3.63) is 41.6 Å². The van der Waals surface area contributed by atoms with Crippen molar-refractivity contribution >= 4 is 21.9 Å². The van der Waals surface area contributed by atoms with Crippen LogP contribution >= 0.6 is 0 Å². The molecular formula is C17H24N2. The van der Waals surface area contributed by atoms with E-state index in [2.05, 4.69) is 47.2 Å². The molecule has 0 aliphatic rings. The van der Waals surface area contributed by atoms with Crippen molar-refractivity contribution in [3.8, 4) is 0 Å². The molecule has 2 heteroatoms. The smallest absolute Gasteiger partial charge is 0.138 e. The van der Waals surface area contributed by atoms with Crippen LogP contribution in [0.4, 0.5) is 0 Å². The number of pyridine rings is 1. The molecule has 1 aromatic carbocycles. The molecular weight excluding hydrogens is 232 g/mol. The molecule has 102 valence electrons. The number of nitrogens with one attached hydrogen (secondary N) is 1. The van der Waals surface area contributed by atoms with Gasteiger partial charge in [0.1, 0.15) is 5.65 Å². The van der Waals surface area contributed by atoms with Gasteiger partial charge in [0.2, 0.25) is 0 Å². The minimum Gasteiger partial charge on any atom is -0.339 e. The number of aromatic amines is 1. The van der Waals surface area contributed by atoms with E-state index in [0.717, 1.165) is 11.3 Å². The van der Waals surface area contributed by atoms with Crippen molar-refractivity contribution in [2.75, 3.05) is 0 Å².